The van der Waals surface area contributed by atoms with E-state index in [1.165, 1.54) is 16.9 Å². The first-order chi connectivity index (χ1) is 10.4. The summed E-state index contributed by atoms with van der Waals surface area (Å²) in [5, 5.41) is 11.3. The molecule has 0 radical (unpaired) electrons. The van der Waals surface area contributed by atoms with Crippen molar-refractivity contribution in [1.29, 1.82) is 0 Å². The zero-order valence-electron chi connectivity index (χ0n) is 13.3. The van der Waals surface area contributed by atoms with Crippen molar-refractivity contribution < 1.29 is 4.79 Å². The van der Waals surface area contributed by atoms with E-state index >= 15 is 0 Å². The van der Waals surface area contributed by atoms with E-state index in [2.05, 4.69) is 27.6 Å². The average Bonchev–Trinajstić information content (AvgIpc) is 2.92. The topological polar surface area (TPSA) is 80.9 Å². The first kappa shape index (κ1) is 19.9. The number of benzene rings is 1. The summed E-state index contributed by atoms with van der Waals surface area (Å²) in [5.41, 5.74) is 6.86. The minimum Gasteiger partial charge on any atom is -0.319 e. The summed E-state index contributed by atoms with van der Waals surface area (Å²) >= 11 is 2.96. The third-order valence-electron chi connectivity index (χ3n) is 3.06. The van der Waals surface area contributed by atoms with Crippen molar-refractivity contribution >= 4 is 46.5 Å². The van der Waals surface area contributed by atoms with E-state index in [1.54, 1.807) is 11.8 Å². The molecule has 1 aromatic heterocycles. The number of nitrogens with one attached hydrogen (secondary N) is 1. The van der Waals surface area contributed by atoms with Crippen LogP contribution in [0.5, 0.6) is 0 Å². The highest BCUT2D eigenvalue weighted by Gasteiger charge is 2.28. The van der Waals surface area contributed by atoms with Crippen molar-refractivity contribution in [2.45, 2.75) is 36.9 Å². The SMILES string of the molecule is CC(C)(C)[C@H](N)C(=O)Nc1nnc(SCc2ccccc2)s1.Cl. The first-order valence-electron chi connectivity index (χ1n) is 6.93. The van der Waals surface area contributed by atoms with Crippen LogP contribution >= 0.6 is 35.5 Å². The fraction of sp³-hybridized carbons (Fsp3) is 0.400. The molecule has 0 aliphatic rings. The van der Waals surface area contributed by atoms with Gasteiger partial charge in [0.2, 0.25) is 11.0 Å². The van der Waals surface area contributed by atoms with Gasteiger partial charge in [-0.2, -0.15) is 0 Å². The Morgan fingerprint density at radius 3 is 2.57 bits per heavy atom. The normalized spacial score (nSPS) is 12.3. The Morgan fingerprint density at radius 1 is 1.30 bits per heavy atom. The van der Waals surface area contributed by atoms with Gasteiger partial charge in [-0.05, 0) is 11.0 Å². The molecule has 0 aliphatic carbocycles. The lowest BCUT2D eigenvalue weighted by molar-refractivity contribution is -0.119. The molecule has 2 rings (SSSR count). The molecule has 0 aliphatic heterocycles. The van der Waals surface area contributed by atoms with Gasteiger partial charge in [-0.25, -0.2) is 0 Å². The monoisotopic (exact) mass is 372 g/mol. The molecule has 1 aromatic carbocycles. The van der Waals surface area contributed by atoms with E-state index in [9.17, 15) is 4.79 Å². The van der Waals surface area contributed by atoms with Crippen LogP contribution in [0.3, 0.4) is 0 Å². The van der Waals surface area contributed by atoms with E-state index in [4.69, 9.17) is 5.73 Å². The molecule has 0 fully saturated rings. The van der Waals surface area contributed by atoms with E-state index < -0.39 is 6.04 Å². The summed E-state index contributed by atoms with van der Waals surface area (Å²) in [7, 11) is 0. The molecule has 0 saturated carbocycles. The molecule has 0 bridgehead atoms. The lowest BCUT2D eigenvalue weighted by atomic mass is 9.87. The molecule has 2 aromatic rings. The molecule has 23 heavy (non-hydrogen) atoms. The summed E-state index contributed by atoms with van der Waals surface area (Å²) in [5.74, 6) is 0.591. The summed E-state index contributed by atoms with van der Waals surface area (Å²) in [4.78, 5) is 12.0. The molecule has 3 N–H and O–H groups in total. The van der Waals surface area contributed by atoms with Gasteiger partial charge in [-0.3, -0.25) is 10.1 Å². The second-order valence-corrected chi connectivity index (χ2v) is 8.18. The summed E-state index contributed by atoms with van der Waals surface area (Å²) in [6.45, 7) is 5.79. The number of carbonyl (C=O) groups is 1. The van der Waals surface area contributed by atoms with Crippen molar-refractivity contribution in [2.24, 2.45) is 11.1 Å². The molecule has 0 saturated heterocycles. The Labute approximate surface area is 150 Å². The molecule has 0 spiro atoms. The number of amides is 1. The van der Waals surface area contributed by atoms with Crippen LogP contribution in [0.4, 0.5) is 5.13 Å². The molecular weight excluding hydrogens is 352 g/mol. The van der Waals surface area contributed by atoms with Crippen LogP contribution in [0, 0.1) is 5.41 Å². The number of nitrogens with zero attached hydrogens (tertiary/aromatic N) is 2. The van der Waals surface area contributed by atoms with Crippen LogP contribution in [0.15, 0.2) is 34.7 Å². The summed E-state index contributed by atoms with van der Waals surface area (Å²) in [6, 6.07) is 9.56. The van der Waals surface area contributed by atoms with Gasteiger partial charge in [0.05, 0.1) is 6.04 Å². The van der Waals surface area contributed by atoms with Gasteiger partial charge in [-0.1, -0.05) is 74.2 Å². The molecule has 1 heterocycles. The van der Waals surface area contributed by atoms with Crippen molar-refractivity contribution in [3.63, 3.8) is 0 Å². The van der Waals surface area contributed by atoms with Gasteiger partial charge in [0.15, 0.2) is 4.34 Å². The highest BCUT2D eigenvalue weighted by atomic mass is 35.5. The Hall–Kier alpha value is -1.15. The number of nitrogens with two attached hydrogens (primary N) is 1. The quantitative estimate of drug-likeness (QED) is 0.619. The maximum Gasteiger partial charge on any atom is 0.243 e. The van der Waals surface area contributed by atoms with Crippen LogP contribution in [0.25, 0.3) is 0 Å². The second-order valence-electron chi connectivity index (χ2n) is 5.98. The van der Waals surface area contributed by atoms with E-state index in [0.29, 0.717) is 5.13 Å². The van der Waals surface area contributed by atoms with Gasteiger partial charge in [0.1, 0.15) is 0 Å². The minimum absolute atomic E-state index is 0. The second kappa shape index (κ2) is 8.63. The van der Waals surface area contributed by atoms with Crippen LogP contribution in [0.1, 0.15) is 26.3 Å². The molecule has 1 amide bonds. The van der Waals surface area contributed by atoms with Gasteiger partial charge in [0.25, 0.3) is 0 Å². The Balaban J connectivity index is 0.00000264. The first-order valence-corrected chi connectivity index (χ1v) is 8.73. The van der Waals surface area contributed by atoms with Crippen molar-refractivity contribution in [2.75, 3.05) is 5.32 Å². The zero-order chi connectivity index (χ0) is 16.2. The number of carbonyl (C=O) groups excluding carboxylic acids is 1. The number of halogens is 1. The van der Waals surface area contributed by atoms with Gasteiger partial charge < -0.3 is 5.73 Å². The number of thioether (sulfide) groups is 1. The minimum atomic E-state index is -0.586. The Bertz CT molecular complexity index is 628. The lowest BCUT2D eigenvalue weighted by Gasteiger charge is -2.25. The predicted molar refractivity (Wildman–Crippen MR) is 99.2 cm³/mol. The van der Waals surface area contributed by atoms with E-state index in [0.717, 1.165) is 10.1 Å². The lowest BCUT2D eigenvalue weighted by Crippen LogP contribution is -2.45. The third kappa shape index (κ3) is 6.10. The predicted octanol–water partition coefficient (Wildman–Crippen LogP) is 3.56. The van der Waals surface area contributed by atoms with E-state index in [1.807, 2.05) is 39.0 Å². The van der Waals surface area contributed by atoms with Crippen LogP contribution in [0.2, 0.25) is 0 Å². The van der Waals surface area contributed by atoms with Crippen LogP contribution in [-0.2, 0) is 10.5 Å². The summed E-state index contributed by atoms with van der Waals surface area (Å²) < 4.78 is 0.823. The molecule has 8 heteroatoms. The summed E-state index contributed by atoms with van der Waals surface area (Å²) in [6.07, 6.45) is 0. The molecular formula is C15H21ClN4OS2. The standard InChI is InChI=1S/C15H20N4OS2.ClH/c1-15(2,3)11(16)12(20)17-13-18-19-14(22-13)21-9-10-7-5-4-6-8-10;/h4-8,11H,9,16H2,1-3H3,(H,17,18,20);1H/t11-;/m1./s1. The Kier molecular flexibility index (Phi) is 7.47. The largest absolute Gasteiger partial charge is 0.319 e. The smallest absolute Gasteiger partial charge is 0.243 e. The van der Waals surface area contributed by atoms with Crippen molar-refractivity contribution in [1.82, 2.24) is 10.2 Å². The Morgan fingerprint density at radius 2 is 1.96 bits per heavy atom. The highest BCUT2D eigenvalue weighted by molar-refractivity contribution is 8.00. The highest BCUT2D eigenvalue weighted by Crippen LogP contribution is 2.28. The number of anilines is 1. The maximum absolute atomic E-state index is 12.0. The zero-order valence-corrected chi connectivity index (χ0v) is 15.7. The molecule has 126 valence electrons. The number of rotatable bonds is 5. The third-order valence-corrected chi connectivity index (χ3v) is 5.10. The van der Waals surface area contributed by atoms with Crippen molar-refractivity contribution in [3.05, 3.63) is 35.9 Å². The van der Waals surface area contributed by atoms with E-state index in [-0.39, 0.29) is 23.7 Å². The number of hydrogen-bond acceptors (Lipinski definition) is 6. The average molecular weight is 373 g/mol. The molecule has 1 atom stereocenters. The maximum atomic E-state index is 12.0. The van der Waals surface area contributed by atoms with Crippen molar-refractivity contribution in [3.8, 4) is 0 Å². The van der Waals surface area contributed by atoms with Crippen LogP contribution < -0.4 is 11.1 Å². The number of hydrogen-bond donors (Lipinski definition) is 2. The fourth-order valence-electron chi connectivity index (χ4n) is 1.61. The van der Waals surface area contributed by atoms with Gasteiger partial charge in [0, 0.05) is 5.75 Å². The molecule has 5 nitrogen and oxygen atoms in total. The molecule has 0 unspecified atom stereocenters. The van der Waals surface area contributed by atoms with Crippen LogP contribution in [-0.4, -0.2) is 22.1 Å². The fourth-order valence-corrected chi connectivity index (χ4v) is 3.33. The number of aromatic nitrogens is 2. The van der Waals surface area contributed by atoms with Gasteiger partial charge >= 0.3 is 0 Å². The van der Waals surface area contributed by atoms with Gasteiger partial charge in [-0.15, -0.1) is 22.6 Å².